The van der Waals surface area contributed by atoms with Crippen molar-refractivity contribution in [3.8, 4) is 0 Å². The number of carbonyl (C=O) groups excluding carboxylic acids is 2. The Morgan fingerprint density at radius 3 is 2.33 bits per heavy atom. The lowest BCUT2D eigenvalue weighted by Crippen LogP contribution is -2.48. The molecule has 2 aliphatic heterocycles. The van der Waals surface area contributed by atoms with Gasteiger partial charge in [0.05, 0.1) is 25.5 Å². The standard InChI is InChI=1S/C19H24ClN3O4/c1-14-2-4-15(5-3-14)23-18(25)16(20)17(19(23)26)22-8-6-21(7-9-22)10-12-27-13-11-24/h2-5,24H,6-13H2,1H3. The Kier molecular flexibility index (Phi) is 6.49. The van der Waals surface area contributed by atoms with Gasteiger partial charge in [-0.1, -0.05) is 29.3 Å². The van der Waals surface area contributed by atoms with Crippen LogP contribution in [0, 0.1) is 6.92 Å². The van der Waals surface area contributed by atoms with Gasteiger partial charge in [0.2, 0.25) is 0 Å². The average Bonchev–Trinajstić information content (AvgIpc) is 2.89. The summed E-state index contributed by atoms with van der Waals surface area (Å²) in [6.45, 7) is 6.37. The van der Waals surface area contributed by atoms with Gasteiger partial charge in [0.15, 0.2) is 0 Å². The summed E-state index contributed by atoms with van der Waals surface area (Å²) in [5, 5.41) is 8.71. The van der Waals surface area contributed by atoms with Crippen molar-refractivity contribution in [3.05, 3.63) is 40.6 Å². The molecule has 0 spiro atoms. The first-order valence-electron chi connectivity index (χ1n) is 9.04. The number of aliphatic hydroxyl groups excluding tert-OH is 1. The summed E-state index contributed by atoms with van der Waals surface area (Å²) in [5.74, 6) is -0.839. The van der Waals surface area contributed by atoms with E-state index in [4.69, 9.17) is 21.4 Å². The van der Waals surface area contributed by atoms with Gasteiger partial charge in [-0.3, -0.25) is 14.5 Å². The average molecular weight is 394 g/mol. The maximum Gasteiger partial charge on any atom is 0.283 e. The molecule has 0 saturated carbocycles. The molecule has 7 nitrogen and oxygen atoms in total. The predicted molar refractivity (Wildman–Crippen MR) is 102 cm³/mol. The van der Waals surface area contributed by atoms with E-state index in [1.807, 2.05) is 24.0 Å². The first kappa shape index (κ1) is 19.8. The Morgan fingerprint density at radius 1 is 1.04 bits per heavy atom. The van der Waals surface area contributed by atoms with Crippen molar-refractivity contribution in [1.82, 2.24) is 9.80 Å². The zero-order chi connectivity index (χ0) is 19.4. The smallest absolute Gasteiger partial charge is 0.283 e. The van der Waals surface area contributed by atoms with Crippen LogP contribution in [0.4, 0.5) is 5.69 Å². The second-order valence-electron chi connectivity index (χ2n) is 6.61. The van der Waals surface area contributed by atoms with Gasteiger partial charge in [0.1, 0.15) is 10.7 Å². The lowest BCUT2D eigenvalue weighted by atomic mass is 10.2. The Labute approximate surface area is 163 Å². The number of piperazine rings is 1. The van der Waals surface area contributed by atoms with E-state index in [9.17, 15) is 9.59 Å². The Bertz CT molecular complexity index is 727. The SMILES string of the molecule is Cc1ccc(N2C(=O)C(Cl)=C(N3CCN(CCOCCO)CC3)C2=O)cc1. The molecule has 1 aromatic carbocycles. The molecular formula is C19H24ClN3O4. The number of nitrogens with zero attached hydrogens (tertiary/aromatic N) is 3. The first-order chi connectivity index (χ1) is 13.0. The third-order valence-electron chi connectivity index (χ3n) is 4.77. The Hall–Kier alpha value is -1.93. The van der Waals surface area contributed by atoms with Crippen LogP contribution in [0.15, 0.2) is 35.0 Å². The molecule has 1 fully saturated rings. The second-order valence-corrected chi connectivity index (χ2v) is 6.99. The topological polar surface area (TPSA) is 73.3 Å². The monoisotopic (exact) mass is 393 g/mol. The van der Waals surface area contributed by atoms with Gasteiger partial charge in [-0.25, -0.2) is 4.90 Å². The fourth-order valence-corrected chi connectivity index (χ4v) is 3.53. The highest BCUT2D eigenvalue weighted by Gasteiger charge is 2.41. The second kappa shape index (κ2) is 8.84. The molecule has 0 unspecified atom stereocenters. The summed E-state index contributed by atoms with van der Waals surface area (Å²) in [6, 6.07) is 7.23. The third-order valence-corrected chi connectivity index (χ3v) is 5.11. The first-order valence-corrected chi connectivity index (χ1v) is 9.42. The molecule has 0 aromatic heterocycles. The van der Waals surface area contributed by atoms with Crippen LogP contribution in [0.3, 0.4) is 0 Å². The molecule has 1 aromatic rings. The number of carbonyl (C=O) groups is 2. The number of amides is 2. The van der Waals surface area contributed by atoms with E-state index < -0.39 is 5.91 Å². The van der Waals surface area contributed by atoms with E-state index in [1.165, 1.54) is 0 Å². The molecule has 2 amide bonds. The molecule has 2 aliphatic rings. The van der Waals surface area contributed by atoms with Gasteiger partial charge >= 0.3 is 0 Å². The van der Waals surface area contributed by atoms with Crippen molar-refractivity contribution in [3.63, 3.8) is 0 Å². The number of aliphatic hydroxyl groups is 1. The van der Waals surface area contributed by atoms with Gasteiger partial charge in [0.25, 0.3) is 11.8 Å². The fourth-order valence-electron chi connectivity index (χ4n) is 3.25. The third kappa shape index (κ3) is 4.32. The molecule has 0 aliphatic carbocycles. The van der Waals surface area contributed by atoms with E-state index >= 15 is 0 Å². The minimum absolute atomic E-state index is 0.0136. The normalized spacial score (nSPS) is 18.8. The Balaban J connectivity index is 1.63. The molecule has 3 rings (SSSR count). The lowest BCUT2D eigenvalue weighted by molar-refractivity contribution is -0.121. The zero-order valence-electron chi connectivity index (χ0n) is 15.4. The molecule has 146 valence electrons. The van der Waals surface area contributed by atoms with Crippen molar-refractivity contribution in [2.24, 2.45) is 0 Å². The largest absolute Gasteiger partial charge is 0.394 e. The van der Waals surface area contributed by atoms with Gasteiger partial charge in [-0.15, -0.1) is 0 Å². The summed E-state index contributed by atoms with van der Waals surface area (Å²) in [7, 11) is 0. The number of halogens is 1. The number of anilines is 1. The summed E-state index contributed by atoms with van der Waals surface area (Å²) in [5.41, 5.74) is 1.87. The van der Waals surface area contributed by atoms with E-state index in [1.54, 1.807) is 12.1 Å². The Morgan fingerprint density at radius 2 is 1.70 bits per heavy atom. The van der Waals surface area contributed by atoms with Gasteiger partial charge < -0.3 is 14.7 Å². The van der Waals surface area contributed by atoms with Crippen LogP contribution in [-0.2, 0) is 14.3 Å². The molecular weight excluding hydrogens is 370 g/mol. The summed E-state index contributed by atoms with van der Waals surface area (Å²) < 4.78 is 5.29. The van der Waals surface area contributed by atoms with Crippen molar-refractivity contribution in [2.75, 3.05) is 57.4 Å². The van der Waals surface area contributed by atoms with E-state index in [0.29, 0.717) is 37.7 Å². The van der Waals surface area contributed by atoms with Crippen LogP contribution in [0.25, 0.3) is 0 Å². The summed E-state index contributed by atoms with van der Waals surface area (Å²) in [4.78, 5) is 30.7. The molecule has 8 heteroatoms. The van der Waals surface area contributed by atoms with E-state index in [0.717, 1.165) is 30.1 Å². The molecule has 0 bridgehead atoms. The molecule has 2 heterocycles. The molecule has 0 atom stereocenters. The molecule has 1 saturated heterocycles. The van der Waals surface area contributed by atoms with Gasteiger partial charge in [0, 0.05) is 32.7 Å². The number of benzene rings is 1. The number of hydrogen-bond acceptors (Lipinski definition) is 6. The van der Waals surface area contributed by atoms with Gasteiger partial charge in [-0.05, 0) is 19.1 Å². The highest BCUT2D eigenvalue weighted by molar-refractivity contribution is 6.52. The zero-order valence-corrected chi connectivity index (χ0v) is 16.1. The number of ether oxygens (including phenoxy) is 1. The highest BCUT2D eigenvalue weighted by atomic mass is 35.5. The number of hydrogen-bond donors (Lipinski definition) is 1. The molecule has 0 radical (unpaired) electrons. The fraction of sp³-hybridized carbons (Fsp3) is 0.474. The van der Waals surface area contributed by atoms with Crippen molar-refractivity contribution < 1.29 is 19.4 Å². The van der Waals surface area contributed by atoms with Crippen LogP contribution in [0.5, 0.6) is 0 Å². The van der Waals surface area contributed by atoms with E-state index in [-0.39, 0.29) is 17.5 Å². The summed E-state index contributed by atoms with van der Waals surface area (Å²) >= 11 is 6.26. The van der Waals surface area contributed by atoms with Crippen molar-refractivity contribution in [1.29, 1.82) is 0 Å². The van der Waals surface area contributed by atoms with Crippen LogP contribution < -0.4 is 4.90 Å². The van der Waals surface area contributed by atoms with E-state index in [2.05, 4.69) is 4.90 Å². The van der Waals surface area contributed by atoms with Crippen LogP contribution in [0.2, 0.25) is 0 Å². The lowest BCUT2D eigenvalue weighted by Gasteiger charge is -2.36. The van der Waals surface area contributed by atoms with Crippen LogP contribution in [0.1, 0.15) is 5.56 Å². The quantitative estimate of drug-likeness (QED) is 0.549. The maximum absolute atomic E-state index is 12.9. The van der Waals surface area contributed by atoms with Crippen molar-refractivity contribution >= 4 is 29.1 Å². The highest BCUT2D eigenvalue weighted by Crippen LogP contribution is 2.31. The minimum atomic E-state index is -0.472. The van der Waals surface area contributed by atoms with Crippen LogP contribution in [-0.4, -0.2) is 79.3 Å². The number of imide groups is 1. The van der Waals surface area contributed by atoms with Gasteiger partial charge in [-0.2, -0.15) is 0 Å². The number of rotatable bonds is 7. The summed E-state index contributed by atoms with van der Waals surface area (Å²) in [6.07, 6.45) is 0. The minimum Gasteiger partial charge on any atom is -0.394 e. The predicted octanol–water partition coefficient (Wildman–Crippen LogP) is 0.945. The molecule has 1 N–H and O–H groups in total. The number of aryl methyl sites for hydroxylation is 1. The molecule has 27 heavy (non-hydrogen) atoms. The van der Waals surface area contributed by atoms with Crippen LogP contribution >= 0.6 is 11.6 Å². The maximum atomic E-state index is 12.9. The van der Waals surface area contributed by atoms with Crippen molar-refractivity contribution in [2.45, 2.75) is 6.92 Å².